The van der Waals surface area contributed by atoms with Gasteiger partial charge in [-0.1, -0.05) is 257 Å². The van der Waals surface area contributed by atoms with Crippen molar-refractivity contribution in [3.8, 4) is 0 Å². The van der Waals surface area contributed by atoms with Crippen LogP contribution in [0.2, 0.25) is 0 Å². The van der Waals surface area contributed by atoms with E-state index in [1.807, 2.05) is 0 Å². The third-order valence-electron chi connectivity index (χ3n) is 13.1. The summed E-state index contributed by atoms with van der Waals surface area (Å²) in [6, 6.07) is 17.3. The highest BCUT2D eigenvalue weighted by molar-refractivity contribution is 6.15. The molecule has 0 aromatic heterocycles. The Morgan fingerprint density at radius 3 is 0.733 bits per heavy atom. The van der Waals surface area contributed by atoms with Crippen LogP contribution < -0.4 is 9.80 Å². The highest BCUT2D eigenvalue weighted by Crippen LogP contribution is 2.30. The average molecular weight is 829 g/mol. The standard InChI is InChI=1S/C57H100N2O/c1-5-9-13-17-21-25-29-33-41-49-58(50-42-34-30-26-22-18-14-10-6-2)55-47-39-37-45-53(55)57(60)54-46-38-40-48-56(54)59(51-43-35-31-27-23-19-15-11-7-3)52-44-36-32-28-24-20-16-12-8-4/h37-40,45-48H,5-36,41-44,49-52H2,1-4H3. The Bertz CT molecular complexity index is 1100. The molecule has 0 aliphatic rings. The second kappa shape index (κ2) is 39.5. The van der Waals surface area contributed by atoms with Gasteiger partial charge in [0.1, 0.15) is 0 Å². The summed E-state index contributed by atoms with van der Waals surface area (Å²) < 4.78 is 0. The van der Waals surface area contributed by atoms with Crippen molar-refractivity contribution in [3.63, 3.8) is 0 Å². The topological polar surface area (TPSA) is 23.6 Å². The smallest absolute Gasteiger partial charge is 0.197 e. The van der Waals surface area contributed by atoms with Crippen molar-refractivity contribution in [3.05, 3.63) is 59.7 Å². The molecule has 2 aromatic rings. The molecule has 3 nitrogen and oxygen atoms in total. The molecule has 0 atom stereocenters. The fraction of sp³-hybridized carbons (Fsp3) is 0.772. The van der Waals surface area contributed by atoms with Gasteiger partial charge in [0.2, 0.25) is 0 Å². The van der Waals surface area contributed by atoms with Crippen LogP contribution in [0.1, 0.15) is 275 Å². The van der Waals surface area contributed by atoms with Gasteiger partial charge in [-0.25, -0.2) is 0 Å². The molecule has 0 heterocycles. The molecule has 0 N–H and O–H groups in total. The van der Waals surface area contributed by atoms with Crippen LogP contribution in [-0.2, 0) is 0 Å². The Hall–Kier alpha value is -2.29. The summed E-state index contributed by atoms with van der Waals surface area (Å²) in [5.74, 6) is 0.203. The van der Waals surface area contributed by atoms with Gasteiger partial charge in [-0.3, -0.25) is 4.79 Å². The van der Waals surface area contributed by atoms with Crippen LogP contribution in [0.25, 0.3) is 0 Å². The SMILES string of the molecule is CCCCCCCCCCCN(CCCCCCCCCCC)c1ccccc1C(=O)c1ccccc1N(CCCCCCCCCCC)CCCCCCCCCCC. The van der Waals surface area contributed by atoms with Gasteiger partial charge in [-0.05, 0) is 49.9 Å². The highest BCUT2D eigenvalue weighted by Gasteiger charge is 2.22. The lowest BCUT2D eigenvalue weighted by Gasteiger charge is -2.29. The first kappa shape index (κ1) is 53.8. The van der Waals surface area contributed by atoms with Crippen molar-refractivity contribution in [2.45, 2.75) is 259 Å². The van der Waals surface area contributed by atoms with Crippen molar-refractivity contribution in [1.82, 2.24) is 0 Å². The highest BCUT2D eigenvalue weighted by atomic mass is 16.1. The number of hydrogen-bond acceptors (Lipinski definition) is 3. The number of rotatable bonds is 44. The van der Waals surface area contributed by atoms with Gasteiger partial charge >= 0.3 is 0 Å². The molecule has 60 heavy (non-hydrogen) atoms. The normalized spacial score (nSPS) is 11.4. The largest absolute Gasteiger partial charge is 0.371 e. The van der Waals surface area contributed by atoms with Crippen molar-refractivity contribution in [1.29, 1.82) is 0 Å². The first-order chi connectivity index (χ1) is 29.7. The van der Waals surface area contributed by atoms with Gasteiger partial charge in [0, 0.05) is 48.7 Å². The second-order valence-electron chi connectivity index (χ2n) is 18.7. The third kappa shape index (κ3) is 26.2. The summed E-state index contributed by atoms with van der Waals surface area (Å²) in [6.07, 6.45) is 48.3. The van der Waals surface area contributed by atoms with E-state index in [2.05, 4.69) is 86.0 Å². The van der Waals surface area contributed by atoms with Crippen molar-refractivity contribution in [2.75, 3.05) is 36.0 Å². The Kier molecular flexibility index (Phi) is 35.5. The summed E-state index contributed by atoms with van der Waals surface area (Å²) >= 11 is 0. The molecule has 0 saturated heterocycles. The predicted octanol–water partition coefficient (Wildman–Crippen LogP) is 18.7. The Morgan fingerprint density at radius 1 is 0.300 bits per heavy atom. The number of carbonyl (C=O) groups is 1. The monoisotopic (exact) mass is 829 g/mol. The minimum absolute atomic E-state index is 0.203. The fourth-order valence-corrected chi connectivity index (χ4v) is 9.19. The van der Waals surface area contributed by atoms with Crippen molar-refractivity contribution < 1.29 is 4.79 Å². The molecular weight excluding hydrogens is 729 g/mol. The molecular formula is C57H100N2O. The van der Waals surface area contributed by atoms with Gasteiger partial charge in [-0.2, -0.15) is 0 Å². The molecule has 2 rings (SSSR count). The number of nitrogens with zero attached hydrogens (tertiary/aromatic N) is 2. The lowest BCUT2D eigenvalue weighted by molar-refractivity contribution is 0.103. The Balaban J connectivity index is 2.18. The third-order valence-corrected chi connectivity index (χ3v) is 13.1. The van der Waals surface area contributed by atoms with Gasteiger partial charge in [0.25, 0.3) is 0 Å². The zero-order chi connectivity index (χ0) is 43.0. The van der Waals surface area contributed by atoms with Crippen LogP contribution >= 0.6 is 0 Å². The summed E-state index contributed by atoms with van der Waals surface area (Å²) in [5, 5.41) is 0. The lowest BCUT2D eigenvalue weighted by atomic mass is 9.98. The molecule has 3 heteroatoms. The zero-order valence-corrected chi connectivity index (χ0v) is 40.7. The first-order valence-corrected chi connectivity index (χ1v) is 26.9. The number of carbonyl (C=O) groups excluding carboxylic acids is 1. The van der Waals surface area contributed by atoms with E-state index in [-0.39, 0.29) is 5.78 Å². The molecule has 344 valence electrons. The molecule has 0 aliphatic heterocycles. The molecule has 0 aliphatic carbocycles. The van der Waals surface area contributed by atoms with Crippen LogP contribution in [-0.4, -0.2) is 32.0 Å². The number of unbranched alkanes of at least 4 members (excludes halogenated alkanes) is 32. The van der Waals surface area contributed by atoms with Crippen molar-refractivity contribution >= 4 is 17.2 Å². The Labute approximate surface area is 375 Å². The average Bonchev–Trinajstić information content (AvgIpc) is 3.27. The summed E-state index contributed by atoms with van der Waals surface area (Å²) in [4.78, 5) is 20.1. The van der Waals surface area contributed by atoms with Crippen LogP contribution in [0.5, 0.6) is 0 Å². The molecule has 0 radical (unpaired) electrons. The van der Waals surface area contributed by atoms with Crippen LogP contribution in [0.15, 0.2) is 48.5 Å². The van der Waals surface area contributed by atoms with E-state index < -0.39 is 0 Å². The lowest BCUT2D eigenvalue weighted by Crippen LogP contribution is -2.29. The molecule has 0 amide bonds. The first-order valence-electron chi connectivity index (χ1n) is 26.9. The summed E-state index contributed by atoms with van der Waals surface area (Å²) in [7, 11) is 0. The Morgan fingerprint density at radius 2 is 0.500 bits per heavy atom. The van der Waals surface area contributed by atoms with Gasteiger partial charge in [0.15, 0.2) is 5.78 Å². The van der Waals surface area contributed by atoms with E-state index in [4.69, 9.17) is 0 Å². The number of anilines is 2. The van der Waals surface area contributed by atoms with E-state index in [1.165, 1.54) is 231 Å². The van der Waals surface area contributed by atoms with Gasteiger partial charge < -0.3 is 9.80 Å². The van der Waals surface area contributed by atoms with Crippen molar-refractivity contribution in [2.24, 2.45) is 0 Å². The van der Waals surface area contributed by atoms with E-state index in [0.29, 0.717) is 0 Å². The molecule has 0 spiro atoms. The number of hydrogen-bond donors (Lipinski definition) is 0. The van der Waals surface area contributed by atoms with E-state index in [9.17, 15) is 4.79 Å². The maximum atomic E-state index is 14.9. The molecule has 0 bridgehead atoms. The van der Waals surface area contributed by atoms with E-state index >= 15 is 0 Å². The predicted molar refractivity (Wildman–Crippen MR) is 270 cm³/mol. The maximum Gasteiger partial charge on any atom is 0.197 e. The quantitative estimate of drug-likeness (QED) is 0.0491. The van der Waals surface area contributed by atoms with E-state index in [1.54, 1.807) is 0 Å². The summed E-state index contributed by atoms with van der Waals surface area (Å²) in [5.41, 5.74) is 4.09. The number of ketones is 1. The minimum atomic E-state index is 0.203. The summed E-state index contributed by atoms with van der Waals surface area (Å²) in [6.45, 7) is 13.4. The second-order valence-corrected chi connectivity index (χ2v) is 18.7. The molecule has 0 saturated carbocycles. The number of benzene rings is 2. The van der Waals surface area contributed by atoms with Crippen LogP contribution in [0.4, 0.5) is 11.4 Å². The molecule has 0 fully saturated rings. The molecule has 2 aromatic carbocycles. The fourth-order valence-electron chi connectivity index (χ4n) is 9.19. The van der Waals surface area contributed by atoms with Crippen LogP contribution in [0, 0.1) is 0 Å². The number of para-hydroxylation sites is 2. The zero-order valence-electron chi connectivity index (χ0n) is 40.7. The van der Waals surface area contributed by atoms with Gasteiger partial charge in [0.05, 0.1) is 0 Å². The van der Waals surface area contributed by atoms with E-state index in [0.717, 1.165) is 48.7 Å². The van der Waals surface area contributed by atoms with Gasteiger partial charge in [-0.15, -0.1) is 0 Å². The van der Waals surface area contributed by atoms with Crippen LogP contribution in [0.3, 0.4) is 0 Å². The minimum Gasteiger partial charge on any atom is -0.371 e. The molecule has 0 unspecified atom stereocenters. The maximum absolute atomic E-state index is 14.9.